The molecular weight excluding hydrogens is 390 g/mol. The monoisotopic (exact) mass is 413 g/mol. The van der Waals surface area contributed by atoms with Gasteiger partial charge in [-0.15, -0.1) is 0 Å². The molecule has 1 spiro atoms. The van der Waals surface area contributed by atoms with Crippen molar-refractivity contribution < 1.29 is 33.3 Å². The molecule has 0 bridgehead atoms. The van der Waals surface area contributed by atoms with Gasteiger partial charge in [0.1, 0.15) is 5.56 Å². The van der Waals surface area contributed by atoms with E-state index in [1.807, 2.05) is 0 Å². The molecule has 2 aromatic rings. The lowest BCUT2D eigenvalue weighted by Gasteiger charge is -2.21. The summed E-state index contributed by atoms with van der Waals surface area (Å²) in [7, 11) is 2.90. The standard InChI is InChI=1S/C22H23NO7/c1-26-17-7-5-6-15(20(17)27-2)21(25)28-13-19(24)23-14-8-9-16-18(12-14)30-22(29-16)10-3-4-11-22/h5-9,12H,3-4,10-11,13H2,1-2H3,(H,23,24). The number of amides is 1. The Labute approximate surface area is 174 Å². The molecule has 1 aliphatic heterocycles. The van der Waals surface area contributed by atoms with Gasteiger partial charge in [0.15, 0.2) is 29.6 Å². The lowest BCUT2D eigenvalue weighted by molar-refractivity contribution is -0.119. The number of benzene rings is 2. The summed E-state index contributed by atoms with van der Waals surface area (Å²) in [6.45, 7) is -0.447. The van der Waals surface area contributed by atoms with Crippen LogP contribution >= 0.6 is 0 Å². The average molecular weight is 413 g/mol. The molecule has 8 nitrogen and oxygen atoms in total. The minimum atomic E-state index is -0.685. The number of hydrogen-bond acceptors (Lipinski definition) is 7. The van der Waals surface area contributed by atoms with Crippen LogP contribution in [0, 0.1) is 0 Å². The largest absolute Gasteiger partial charge is 0.493 e. The maximum Gasteiger partial charge on any atom is 0.342 e. The first-order valence-electron chi connectivity index (χ1n) is 9.74. The molecule has 30 heavy (non-hydrogen) atoms. The van der Waals surface area contributed by atoms with Gasteiger partial charge in [-0.05, 0) is 37.1 Å². The molecule has 0 unspecified atom stereocenters. The van der Waals surface area contributed by atoms with E-state index < -0.39 is 24.3 Å². The molecule has 1 heterocycles. The maximum absolute atomic E-state index is 12.4. The van der Waals surface area contributed by atoms with Crippen LogP contribution in [-0.4, -0.2) is 38.5 Å². The Morgan fingerprint density at radius 2 is 1.80 bits per heavy atom. The van der Waals surface area contributed by atoms with Gasteiger partial charge in [-0.2, -0.15) is 0 Å². The van der Waals surface area contributed by atoms with E-state index in [2.05, 4.69) is 5.32 Å². The molecule has 1 aliphatic carbocycles. The molecule has 158 valence electrons. The number of nitrogens with one attached hydrogen (secondary N) is 1. The Bertz CT molecular complexity index is 966. The maximum atomic E-state index is 12.4. The van der Waals surface area contributed by atoms with E-state index in [1.165, 1.54) is 20.3 Å². The van der Waals surface area contributed by atoms with Crippen molar-refractivity contribution >= 4 is 17.6 Å². The third-order valence-electron chi connectivity index (χ3n) is 5.14. The Hall–Kier alpha value is -3.42. The Balaban J connectivity index is 1.36. The highest BCUT2D eigenvalue weighted by atomic mass is 16.7. The zero-order chi connectivity index (χ0) is 21.1. The number of fused-ring (bicyclic) bond motifs is 1. The lowest BCUT2D eigenvalue weighted by atomic mass is 10.2. The predicted molar refractivity (Wildman–Crippen MR) is 107 cm³/mol. The first-order valence-corrected chi connectivity index (χ1v) is 9.74. The summed E-state index contributed by atoms with van der Waals surface area (Å²) in [6, 6.07) is 10.1. The molecule has 1 N–H and O–H groups in total. The smallest absolute Gasteiger partial charge is 0.342 e. The van der Waals surface area contributed by atoms with E-state index in [0.717, 1.165) is 25.7 Å². The predicted octanol–water partition coefficient (Wildman–Crippen LogP) is 3.54. The average Bonchev–Trinajstić information content (AvgIpc) is 3.36. The molecule has 2 aromatic carbocycles. The van der Waals surface area contributed by atoms with Crippen LogP contribution in [0.1, 0.15) is 36.0 Å². The normalized spacial score (nSPS) is 15.7. The number of esters is 1. The summed E-state index contributed by atoms with van der Waals surface area (Å²) in [5.41, 5.74) is 0.710. The number of carbonyl (C=O) groups is 2. The molecule has 4 rings (SSSR count). The van der Waals surface area contributed by atoms with Crippen molar-refractivity contribution in [1.29, 1.82) is 0 Å². The number of rotatable bonds is 6. The van der Waals surface area contributed by atoms with Crippen molar-refractivity contribution in [2.75, 3.05) is 26.1 Å². The van der Waals surface area contributed by atoms with Crippen molar-refractivity contribution in [1.82, 2.24) is 0 Å². The van der Waals surface area contributed by atoms with Gasteiger partial charge in [-0.1, -0.05) is 6.07 Å². The summed E-state index contributed by atoms with van der Waals surface area (Å²) in [5.74, 6) is 0.212. The van der Waals surface area contributed by atoms with Crippen LogP contribution in [0.3, 0.4) is 0 Å². The summed E-state index contributed by atoms with van der Waals surface area (Å²) in [6.07, 6.45) is 3.85. The molecule has 1 amide bonds. The first kappa shape index (κ1) is 19.9. The van der Waals surface area contributed by atoms with E-state index in [4.69, 9.17) is 23.7 Å². The van der Waals surface area contributed by atoms with Crippen molar-refractivity contribution in [2.24, 2.45) is 0 Å². The second kappa shape index (κ2) is 8.14. The van der Waals surface area contributed by atoms with Gasteiger partial charge in [0, 0.05) is 24.6 Å². The molecule has 8 heteroatoms. The SMILES string of the molecule is COc1cccc(C(=O)OCC(=O)Nc2ccc3c(c2)OC2(CCCC2)O3)c1OC. The van der Waals surface area contributed by atoms with Crippen LogP contribution < -0.4 is 24.3 Å². The fraction of sp³-hybridized carbons (Fsp3) is 0.364. The topological polar surface area (TPSA) is 92.3 Å². The van der Waals surface area contributed by atoms with Crippen molar-refractivity contribution in [3.8, 4) is 23.0 Å². The van der Waals surface area contributed by atoms with Gasteiger partial charge in [-0.25, -0.2) is 4.79 Å². The van der Waals surface area contributed by atoms with E-state index in [-0.39, 0.29) is 11.3 Å². The number of hydrogen-bond donors (Lipinski definition) is 1. The minimum Gasteiger partial charge on any atom is -0.493 e. The highest BCUT2D eigenvalue weighted by molar-refractivity contribution is 5.97. The van der Waals surface area contributed by atoms with Gasteiger partial charge < -0.3 is 29.0 Å². The van der Waals surface area contributed by atoms with Crippen LogP contribution in [0.5, 0.6) is 23.0 Å². The molecule has 0 aromatic heterocycles. The molecule has 0 atom stereocenters. The molecule has 1 fully saturated rings. The van der Waals surface area contributed by atoms with Crippen LogP contribution in [-0.2, 0) is 9.53 Å². The zero-order valence-corrected chi connectivity index (χ0v) is 16.9. The second-order valence-electron chi connectivity index (χ2n) is 7.15. The van der Waals surface area contributed by atoms with E-state index >= 15 is 0 Å². The van der Waals surface area contributed by atoms with Crippen molar-refractivity contribution in [3.05, 3.63) is 42.0 Å². The third kappa shape index (κ3) is 3.85. The van der Waals surface area contributed by atoms with E-state index in [9.17, 15) is 9.59 Å². The Kier molecular flexibility index (Phi) is 5.39. The lowest BCUT2D eigenvalue weighted by Crippen LogP contribution is -2.34. The van der Waals surface area contributed by atoms with Crippen LogP contribution in [0.25, 0.3) is 0 Å². The summed E-state index contributed by atoms with van der Waals surface area (Å²) < 4.78 is 27.5. The van der Waals surface area contributed by atoms with E-state index in [0.29, 0.717) is 22.9 Å². The highest BCUT2D eigenvalue weighted by Gasteiger charge is 2.44. The summed E-state index contributed by atoms with van der Waals surface area (Å²) in [5, 5.41) is 2.70. The third-order valence-corrected chi connectivity index (χ3v) is 5.14. The van der Waals surface area contributed by atoms with Crippen LogP contribution in [0.2, 0.25) is 0 Å². The zero-order valence-electron chi connectivity index (χ0n) is 16.9. The first-order chi connectivity index (χ1) is 14.5. The number of ether oxygens (including phenoxy) is 5. The van der Waals surface area contributed by atoms with Crippen molar-refractivity contribution in [2.45, 2.75) is 31.5 Å². The molecule has 2 aliphatic rings. The van der Waals surface area contributed by atoms with E-state index in [1.54, 1.807) is 30.3 Å². The minimum absolute atomic E-state index is 0.176. The Morgan fingerprint density at radius 1 is 1.03 bits per heavy atom. The van der Waals surface area contributed by atoms with Gasteiger partial charge in [-0.3, -0.25) is 4.79 Å². The van der Waals surface area contributed by atoms with Gasteiger partial charge >= 0.3 is 5.97 Å². The number of para-hydroxylation sites is 1. The molecular formula is C22H23NO7. The highest BCUT2D eigenvalue weighted by Crippen LogP contribution is 2.47. The number of carbonyl (C=O) groups excluding carboxylic acids is 2. The van der Waals surface area contributed by atoms with Crippen molar-refractivity contribution in [3.63, 3.8) is 0 Å². The van der Waals surface area contributed by atoms with Gasteiger partial charge in [0.25, 0.3) is 11.7 Å². The molecule has 0 saturated heterocycles. The van der Waals surface area contributed by atoms with Crippen LogP contribution in [0.4, 0.5) is 5.69 Å². The van der Waals surface area contributed by atoms with Crippen LogP contribution in [0.15, 0.2) is 36.4 Å². The fourth-order valence-corrected chi connectivity index (χ4v) is 3.74. The summed E-state index contributed by atoms with van der Waals surface area (Å²) >= 11 is 0. The van der Waals surface area contributed by atoms with Gasteiger partial charge in [0.05, 0.1) is 14.2 Å². The summed E-state index contributed by atoms with van der Waals surface area (Å²) in [4.78, 5) is 24.6. The number of anilines is 1. The Morgan fingerprint density at radius 3 is 2.53 bits per heavy atom. The molecule has 0 radical (unpaired) electrons. The molecule has 1 saturated carbocycles. The quantitative estimate of drug-likeness (QED) is 0.724. The number of methoxy groups -OCH3 is 2. The second-order valence-corrected chi connectivity index (χ2v) is 7.15. The fourth-order valence-electron chi connectivity index (χ4n) is 3.74. The van der Waals surface area contributed by atoms with Gasteiger partial charge in [0.2, 0.25) is 0 Å².